The van der Waals surface area contributed by atoms with Crippen molar-refractivity contribution in [2.75, 3.05) is 0 Å². The molecule has 0 fully saturated rings. The summed E-state index contributed by atoms with van der Waals surface area (Å²) in [7, 11) is 0. The van der Waals surface area contributed by atoms with Crippen molar-refractivity contribution in [1.29, 1.82) is 0 Å². The SMILES string of the molecule is Fc1cc(OC(F)(F)c2c(F)cc(-c3cc(OCc4ccccc4)cc(-c4cc(F)c(C(F)(F)Oc5cc(F)c(F)c(F)c5)c(F)c4)c3)cc2F)cc(F)c1F. The molecule has 0 atom stereocenters. The number of hydrogen-bond acceptors (Lipinski definition) is 3. The predicted molar refractivity (Wildman–Crippen MR) is 170 cm³/mol. The molecule has 0 unspecified atom stereocenters. The molecule has 0 radical (unpaired) electrons. The van der Waals surface area contributed by atoms with Gasteiger partial charge in [-0.05, 0) is 70.3 Å². The van der Waals surface area contributed by atoms with E-state index >= 15 is 17.6 Å². The van der Waals surface area contributed by atoms with Crippen LogP contribution in [0.2, 0.25) is 0 Å². The number of halogens is 14. The van der Waals surface area contributed by atoms with Crippen molar-refractivity contribution in [2.24, 2.45) is 0 Å². The summed E-state index contributed by atoms with van der Waals surface area (Å²) in [6, 6.07) is 13.2. The van der Waals surface area contributed by atoms with E-state index in [-0.39, 0.29) is 47.7 Å². The van der Waals surface area contributed by atoms with Gasteiger partial charge in [-0.3, -0.25) is 0 Å². The van der Waals surface area contributed by atoms with E-state index in [2.05, 4.69) is 9.47 Å². The topological polar surface area (TPSA) is 27.7 Å². The Morgan fingerprint density at radius 1 is 0.375 bits per heavy atom. The highest BCUT2D eigenvalue weighted by Crippen LogP contribution is 2.41. The van der Waals surface area contributed by atoms with Crippen molar-refractivity contribution in [3.8, 4) is 39.5 Å². The van der Waals surface area contributed by atoms with E-state index in [1.54, 1.807) is 30.3 Å². The van der Waals surface area contributed by atoms with Gasteiger partial charge in [0.25, 0.3) is 0 Å². The molecule has 0 saturated carbocycles. The molecule has 6 aromatic carbocycles. The van der Waals surface area contributed by atoms with Crippen LogP contribution in [0.1, 0.15) is 16.7 Å². The normalized spacial score (nSPS) is 11.8. The van der Waals surface area contributed by atoms with Gasteiger partial charge < -0.3 is 14.2 Å². The van der Waals surface area contributed by atoms with E-state index in [4.69, 9.17) is 4.74 Å². The highest BCUT2D eigenvalue weighted by Gasteiger charge is 2.43. The van der Waals surface area contributed by atoms with Crippen LogP contribution in [-0.2, 0) is 18.8 Å². The summed E-state index contributed by atoms with van der Waals surface area (Å²) in [5.74, 6) is -22.5. The molecule has 0 N–H and O–H groups in total. The van der Waals surface area contributed by atoms with E-state index in [9.17, 15) is 43.9 Å². The number of rotatable bonds is 11. The number of ether oxygens (including phenoxy) is 3. The third kappa shape index (κ3) is 8.21. The summed E-state index contributed by atoms with van der Waals surface area (Å²) in [6.07, 6.45) is -9.87. The first-order chi connectivity index (χ1) is 26.3. The van der Waals surface area contributed by atoms with Crippen molar-refractivity contribution < 1.29 is 75.7 Å². The van der Waals surface area contributed by atoms with Crippen LogP contribution in [0.25, 0.3) is 22.3 Å². The second-order valence-corrected chi connectivity index (χ2v) is 11.8. The molecule has 0 bridgehead atoms. The first-order valence-electron chi connectivity index (χ1n) is 15.6. The Bertz CT molecular complexity index is 2220. The lowest BCUT2D eigenvalue weighted by molar-refractivity contribution is -0.190. The van der Waals surface area contributed by atoms with Gasteiger partial charge in [0, 0.05) is 24.3 Å². The minimum absolute atomic E-state index is 0.0130. The summed E-state index contributed by atoms with van der Waals surface area (Å²) in [6.45, 7) is -0.157. The van der Waals surface area contributed by atoms with Gasteiger partial charge in [-0.15, -0.1) is 0 Å². The van der Waals surface area contributed by atoms with E-state index in [0.717, 1.165) is 18.2 Å². The third-order valence-electron chi connectivity index (χ3n) is 7.89. The second kappa shape index (κ2) is 15.1. The molecule has 0 saturated heterocycles. The molecule has 0 heterocycles. The largest absolute Gasteiger partial charge is 0.489 e. The van der Waals surface area contributed by atoms with E-state index < -0.39 is 104 Å². The summed E-state index contributed by atoms with van der Waals surface area (Å²) >= 11 is 0. The van der Waals surface area contributed by atoms with Crippen LogP contribution in [0, 0.1) is 58.2 Å². The van der Waals surface area contributed by atoms with Crippen molar-refractivity contribution in [1.82, 2.24) is 0 Å². The van der Waals surface area contributed by atoms with Gasteiger partial charge in [0.15, 0.2) is 34.9 Å². The van der Waals surface area contributed by atoms with Crippen LogP contribution in [0.5, 0.6) is 17.2 Å². The Hall–Kier alpha value is -6.26. The monoisotopic (exact) mass is 800 g/mol. The summed E-state index contributed by atoms with van der Waals surface area (Å²) in [5.41, 5.74) is -4.97. The molecule has 6 rings (SSSR count). The first kappa shape index (κ1) is 39.4. The predicted octanol–water partition coefficient (Wildman–Crippen LogP) is 12.2. The number of benzene rings is 6. The zero-order valence-corrected chi connectivity index (χ0v) is 27.5. The summed E-state index contributed by atoms with van der Waals surface area (Å²) < 4.78 is 216. The summed E-state index contributed by atoms with van der Waals surface area (Å²) in [5, 5.41) is 0. The molecule has 290 valence electrons. The molecule has 0 aromatic heterocycles. The molecular weight excluding hydrogens is 782 g/mol. The van der Waals surface area contributed by atoms with Crippen LogP contribution >= 0.6 is 0 Å². The smallest absolute Gasteiger partial charge is 0.432 e. The zero-order chi connectivity index (χ0) is 40.7. The van der Waals surface area contributed by atoms with Gasteiger partial charge in [0.2, 0.25) is 0 Å². The van der Waals surface area contributed by atoms with E-state index in [1.807, 2.05) is 0 Å². The molecule has 17 heteroatoms. The second-order valence-electron chi connectivity index (χ2n) is 11.8. The minimum Gasteiger partial charge on any atom is -0.489 e. The van der Waals surface area contributed by atoms with Gasteiger partial charge in [-0.1, -0.05) is 30.3 Å². The highest BCUT2D eigenvalue weighted by molar-refractivity contribution is 5.76. The molecule has 6 aromatic rings. The molecule has 0 amide bonds. The number of alkyl halides is 4. The van der Waals surface area contributed by atoms with Gasteiger partial charge in [-0.2, -0.15) is 17.6 Å². The Balaban J connectivity index is 1.39. The fraction of sp³-hybridized carbons (Fsp3) is 0.0769. The summed E-state index contributed by atoms with van der Waals surface area (Å²) in [4.78, 5) is 0. The highest BCUT2D eigenvalue weighted by atomic mass is 19.3. The molecule has 3 nitrogen and oxygen atoms in total. The first-order valence-corrected chi connectivity index (χ1v) is 15.6. The molecule has 0 aliphatic carbocycles. The van der Waals surface area contributed by atoms with Crippen molar-refractivity contribution in [3.05, 3.63) is 172 Å². The molecule has 0 aliphatic rings. The fourth-order valence-corrected chi connectivity index (χ4v) is 5.37. The van der Waals surface area contributed by atoms with Crippen molar-refractivity contribution >= 4 is 0 Å². The van der Waals surface area contributed by atoms with Gasteiger partial charge >= 0.3 is 12.2 Å². The van der Waals surface area contributed by atoms with Crippen molar-refractivity contribution in [3.63, 3.8) is 0 Å². The molecular formula is C39H18F14O3. The maximum Gasteiger partial charge on any atom is 0.432 e. The lowest BCUT2D eigenvalue weighted by Crippen LogP contribution is -2.25. The molecule has 56 heavy (non-hydrogen) atoms. The van der Waals surface area contributed by atoms with Crippen molar-refractivity contribution in [2.45, 2.75) is 18.8 Å². The van der Waals surface area contributed by atoms with E-state index in [0.29, 0.717) is 29.8 Å². The molecule has 0 aliphatic heterocycles. The lowest BCUT2D eigenvalue weighted by atomic mass is 9.96. The Labute approximate surface area is 305 Å². The van der Waals surface area contributed by atoms with Crippen LogP contribution < -0.4 is 14.2 Å². The Morgan fingerprint density at radius 3 is 1.07 bits per heavy atom. The zero-order valence-electron chi connectivity index (χ0n) is 27.5. The maximum atomic E-state index is 15.3. The quantitative estimate of drug-likeness (QED) is 0.0965. The fourth-order valence-electron chi connectivity index (χ4n) is 5.37. The standard InChI is InChI=1S/C39H18F14O3/c40-26-9-21(10-27(41)34(26)38(50,51)55-24-13-30(44)36(48)31(45)14-24)19-6-20(8-23(7-19)54-17-18-4-2-1-3-5-18)22-11-28(42)35(29(43)12-22)39(52,53)56-25-15-32(46)37(49)33(47)16-25/h1-16H,17H2. The maximum absolute atomic E-state index is 15.3. The number of hydrogen-bond donors (Lipinski definition) is 0. The third-order valence-corrected chi connectivity index (χ3v) is 7.89. The minimum atomic E-state index is -4.93. The van der Waals surface area contributed by atoms with E-state index in [1.165, 1.54) is 0 Å². The Kier molecular flexibility index (Phi) is 10.6. The molecule has 0 spiro atoms. The lowest BCUT2D eigenvalue weighted by Gasteiger charge is -2.21. The van der Waals surface area contributed by atoms with Crippen LogP contribution in [-0.4, -0.2) is 0 Å². The van der Waals surface area contributed by atoms with Gasteiger partial charge in [0.05, 0.1) is 0 Å². The van der Waals surface area contributed by atoms with Gasteiger partial charge in [-0.25, -0.2) is 43.9 Å². The van der Waals surface area contributed by atoms with Crippen LogP contribution in [0.4, 0.5) is 61.5 Å². The Morgan fingerprint density at radius 2 is 0.714 bits per heavy atom. The van der Waals surface area contributed by atoms with Crippen LogP contribution in [0.15, 0.2) is 97.1 Å². The van der Waals surface area contributed by atoms with Gasteiger partial charge in [0.1, 0.15) is 58.3 Å². The average molecular weight is 801 g/mol. The van der Waals surface area contributed by atoms with Crippen LogP contribution in [0.3, 0.4) is 0 Å². The average Bonchev–Trinajstić information content (AvgIpc) is 3.11.